The molecule has 0 aliphatic carbocycles. The number of imidazole rings is 1. The summed E-state index contributed by atoms with van der Waals surface area (Å²) in [5.41, 5.74) is 10.9. The number of aryl methyl sites for hydroxylation is 1. The van der Waals surface area contributed by atoms with Crippen LogP contribution in [0.3, 0.4) is 0 Å². The van der Waals surface area contributed by atoms with Gasteiger partial charge in [-0.05, 0) is 71.1 Å². The number of aromatic nitrogens is 2. The molecule has 2 heterocycles. The summed E-state index contributed by atoms with van der Waals surface area (Å²) in [4.78, 5) is 5.11. The Bertz CT molecular complexity index is 1880. The Morgan fingerprint density at radius 1 is 0.622 bits per heavy atom. The smallest absolute Gasteiger partial charge is 0.149 e. The Labute approximate surface area is 215 Å². The van der Waals surface area contributed by atoms with Gasteiger partial charge >= 0.3 is 0 Å². The van der Waals surface area contributed by atoms with Crippen molar-refractivity contribution in [3.63, 3.8) is 0 Å². The molecule has 7 aromatic rings. The van der Waals surface area contributed by atoms with E-state index in [9.17, 15) is 0 Å². The minimum absolute atomic E-state index is 0.851. The van der Waals surface area contributed by atoms with E-state index in [0.717, 1.165) is 44.6 Å². The molecule has 0 amide bonds. The highest BCUT2D eigenvalue weighted by Crippen LogP contribution is 2.37. The number of rotatable bonds is 4. The fraction of sp³-hybridized carbons (Fsp3) is 0.0294. The molecule has 0 saturated carbocycles. The lowest BCUT2D eigenvalue weighted by atomic mass is 10.0. The summed E-state index contributed by atoms with van der Waals surface area (Å²) in [7, 11) is 0. The van der Waals surface area contributed by atoms with Crippen molar-refractivity contribution in [1.82, 2.24) is 9.55 Å². The van der Waals surface area contributed by atoms with Crippen LogP contribution < -0.4 is 0 Å². The molecule has 0 fully saturated rings. The summed E-state index contributed by atoms with van der Waals surface area (Å²) in [5, 5.41) is 1.05. The zero-order chi connectivity index (χ0) is 24.8. The molecular formula is C34H24N2O. The van der Waals surface area contributed by atoms with Crippen LogP contribution in [-0.2, 0) is 0 Å². The first kappa shape index (κ1) is 21.4. The van der Waals surface area contributed by atoms with Crippen molar-refractivity contribution >= 4 is 22.0 Å². The maximum atomic E-state index is 6.04. The molecule has 3 nitrogen and oxygen atoms in total. The molecule has 7 rings (SSSR count). The van der Waals surface area contributed by atoms with Crippen molar-refractivity contribution in [2.45, 2.75) is 6.92 Å². The average molecular weight is 477 g/mol. The van der Waals surface area contributed by atoms with Crippen LogP contribution in [0, 0.1) is 6.92 Å². The molecule has 5 aromatic carbocycles. The molecule has 0 unspecified atom stereocenters. The van der Waals surface area contributed by atoms with E-state index >= 15 is 0 Å². The number of hydrogen-bond acceptors (Lipinski definition) is 2. The zero-order valence-electron chi connectivity index (χ0n) is 20.4. The van der Waals surface area contributed by atoms with Crippen LogP contribution in [0.1, 0.15) is 5.56 Å². The van der Waals surface area contributed by atoms with E-state index < -0.39 is 0 Å². The van der Waals surface area contributed by atoms with Gasteiger partial charge in [-0.25, -0.2) is 4.98 Å². The molecular weight excluding hydrogens is 452 g/mol. The summed E-state index contributed by atoms with van der Waals surface area (Å²) in [6.45, 7) is 2.17. The highest BCUT2D eigenvalue weighted by Gasteiger charge is 2.20. The zero-order valence-corrected chi connectivity index (χ0v) is 20.4. The van der Waals surface area contributed by atoms with Crippen molar-refractivity contribution in [2.24, 2.45) is 0 Å². The third-order valence-corrected chi connectivity index (χ3v) is 7.03. The first-order chi connectivity index (χ1) is 18.3. The lowest BCUT2D eigenvalue weighted by Gasteiger charge is -2.14. The number of fused-ring (bicyclic) bond motifs is 2. The highest BCUT2D eigenvalue weighted by atomic mass is 16.3. The van der Waals surface area contributed by atoms with E-state index in [1.54, 1.807) is 0 Å². The van der Waals surface area contributed by atoms with Gasteiger partial charge in [-0.15, -0.1) is 0 Å². The molecule has 0 aliphatic heterocycles. The normalized spacial score (nSPS) is 11.4. The van der Waals surface area contributed by atoms with Crippen molar-refractivity contribution < 1.29 is 4.42 Å². The Morgan fingerprint density at radius 2 is 1.27 bits per heavy atom. The minimum atomic E-state index is 0.851. The van der Waals surface area contributed by atoms with E-state index in [2.05, 4.69) is 109 Å². The van der Waals surface area contributed by atoms with E-state index in [1.165, 1.54) is 22.3 Å². The molecule has 176 valence electrons. The van der Waals surface area contributed by atoms with Gasteiger partial charge in [0.15, 0.2) is 0 Å². The van der Waals surface area contributed by atoms with E-state index in [-0.39, 0.29) is 0 Å². The Kier molecular flexibility index (Phi) is 5.00. The second-order valence-electron chi connectivity index (χ2n) is 9.35. The predicted molar refractivity (Wildman–Crippen MR) is 152 cm³/mol. The second-order valence-corrected chi connectivity index (χ2v) is 9.35. The second kappa shape index (κ2) is 8.65. The summed E-state index contributed by atoms with van der Waals surface area (Å²) in [6, 6.07) is 42.3. The van der Waals surface area contributed by atoms with E-state index in [1.807, 2.05) is 30.5 Å². The summed E-state index contributed by atoms with van der Waals surface area (Å²) in [5.74, 6) is 0.876. The molecule has 0 bridgehead atoms. The highest BCUT2D eigenvalue weighted by molar-refractivity contribution is 5.97. The summed E-state index contributed by atoms with van der Waals surface area (Å²) < 4.78 is 8.30. The van der Waals surface area contributed by atoms with Gasteiger partial charge < -0.3 is 4.42 Å². The average Bonchev–Trinajstić information content (AvgIpc) is 3.55. The third-order valence-electron chi connectivity index (χ3n) is 7.03. The van der Waals surface area contributed by atoms with E-state index in [4.69, 9.17) is 9.40 Å². The van der Waals surface area contributed by atoms with Crippen LogP contribution >= 0.6 is 0 Å². The third kappa shape index (κ3) is 3.64. The monoisotopic (exact) mass is 476 g/mol. The van der Waals surface area contributed by atoms with Gasteiger partial charge in [-0.3, -0.25) is 4.57 Å². The maximum Gasteiger partial charge on any atom is 0.149 e. The van der Waals surface area contributed by atoms with Gasteiger partial charge in [0.1, 0.15) is 17.7 Å². The Morgan fingerprint density at radius 3 is 2.00 bits per heavy atom. The lowest BCUT2D eigenvalue weighted by Crippen LogP contribution is -2.00. The van der Waals surface area contributed by atoms with Gasteiger partial charge in [-0.2, -0.15) is 0 Å². The maximum absolute atomic E-state index is 6.04. The number of para-hydroxylation sites is 2. The predicted octanol–water partition coefficient (Wildman–Crippen LogP) is 9.08. The number of nitrogens with zero attached hydrogens (tertiary/aromatic N) is 2. The van der Waals surface area contributed by atoms with E-state index in [0.29, 0.717) is 0 Å². The van der Waals surface area contributed by atoms with Gasteiger partial charge in [0.2, 0.25) is 0 Å². The molecule has 0 aliphatic rings. The molecule has 37 heavy (non-hydrogen) atoms. The number of furan rings is 1. The van der Waals surface area contributed by atoms with Crippen molar-refractivity contribution in [1.29, 1.82) is 0 Å². The van der Waals surface area contributed by atoms with Crippen LogP contribution in [-0.4, -0.2) is 9.55 Å². The quantitative estimate of drug-likeness (QED) is 0.254. The first-order valence-electron chi connectivity index (χ1n) is 12.5. The van der Waals surface area contributed by atoms with Gasteiger partial charge in [0.25, 0.3) is 0 Å². The Hall–Kier alpha value is -4.89. The molecule has 0 spiro atoms. The Balaban J connectivity index is 1.44. The first-order valence-corrected chi connectivity index (χ1v) is 12.5. The van der Waals surface area contributed by atoms with Crippen LogP contribution in [0.15, 0.2) is 132 Å². The number of hydrogen-bond donors (Lipinski definition) is 0. The molecule has 2 aromatic heterocycles. The van der Waals surface area contributed by atoms with Crippen molar-refractivity contribution in [3.8, 4) is 39.3 Å². The van der Waals surface area contributed by atoms with Gasteiger partial charge in [-0.1, -0.05) is 84.9 Å². The molecule has 0 radical (unpaired) electrons. The van der Waals surface area contributed by atoms with Crippen LogP contribution in [0.4, 0.5) is 0 Å². The van der Waals surface area contributed by atoms with Gasteiger partial charge in [0.05, 0.1) is 22.3 Å². The van der Waals surface area contributed by atoms with Crippen molar-refractivity contribution in [2.75, 3.05) is 0 Å². The van der Waals surface area contributed by atoms with Crippen LogP contribution in [0.5, 0.6) is 0 Å². The SMILES string of the molecule is Cc1cc(-c2ccccc2)ccc1-n1c(-c2coc3ccc(-c4ccccc4)cc23)nc2ccccc21. The standard InChI is InChI=1S/C34H24N2O/c1-23-20-26(24-10-4-2-5-11-24)16-18-31(23)36-32-15-9-8-14-30(32)35-34(36)29-22-37-33-19-17-27(21-28(29)33)25-12-6-3-7-13-25/h2-22H,1H3. The van der Waals surface area contributed by atoms with Crippen molar-refractivity contribution in [3.05, 3.63) is 133 Å². The molecule has 0 saturated heterocycles. The van der Waals surface area contributed by atoms with Crippen LogP contribution in [0.25, 0.3) is 61.3 Å². The fourth-order valence-electron chi connectivity index (χ4n) is 5.18. The fourth-order valence-corrected chi connectivity index (χ4v) is 5.18. The van der Waals surface area contributed by atoms with Gasteiger partial charge in [0, 0.05) is 5.39 Å². The molecule has 0 atom stereocenters. The largest absolute Gasteiger partial charge is 0.464 e. The minimum Gasteiger partial charge on any atom is -0.464 e. The molecule has 0 N–H and O–H groups in total. The number of benzene rings is 5. The van der Waals surface area contributed by atoms with Crippen LogP contribution in [0.2, 0.25) is 0 Å². The summed E-state index contributed by atoms with van der Waals surface area (Å²) >= 11 is 0. The topological polar surface area (TPSA) is 31.0 Å². The lowest BCUT2D eigenvalue weighted by molar-refractivity contribution is 0.616. The summed E-state index contributed by atoms with van der Waals surface area (Å²) in [6.07, 6.45) is 1.84. The molecule has 3 heteroatoms.